The van der Waals surface area contributed by atoms with Crippen molar-refractivity contribution in [1.82, 2.24) is 10.1 Å². The lowest BCUT2D eigenvalue weighted by Crippen LogP contribution is -2.41. The predicted molar refractivity (Wildman–Crippen MR) is 82.4 cm³/mol. The molecule has 0 aliphatic carbocycles. The first-order chi connectivity index (χ1) is 10.8. The first-order valence-electron chi connectivity index (χ1n) is 7.83. The van der Waals surface area contributed by atoms with Gasteiger partial charge < -0.3 is 9.42 Å². The number of amides is 1. The van der Waals surface area contributed by atoms with Crippen LogP contribution in [0.4, 0.5) is 5.69 Å². The van der Waals surface area contributed by atoms with Gasteiger partial charge in [0, 0.05) is 30.9 Å². The normalized spacial score (nSPS) is 21.3. The van der Waals surface area contributed by atoms with E-state index in [4.69, 9.17) is 4.52 Å². The molecule has 1 aromatic carbocycles. The minimum absolute atomic E-state index is 0.0927. The molecule has 4 rings (SSSR count). The highest BCUT2D eigenvalue weighted by atomic mass is 16.5. The highest BCUT2D eigenvalue weighted by Crippen LogP contribution is 2.31. The maximum absolute atomic E-state index is 12.8. The number of carbonyl (C=O) groups excluding carboxylic acids is 1. The minimum atomic E-state index is 0.0927. The zero-order valence-corrected chi connectivity index (χ0v) is 12.4. The van der Waals surface area contributed by atoms with E-state index < -0.39 is 0 Å². The quantitative estimate of drug-likeness (QED) is 0.853. The molecule has 2 aliphatic heterocycles. The van der Waals surface area contributed by atoms with E-state index in [0.29, 0.717) is 11.7 Å². The number of para-hydroxylation sites is 1. The molecule has 0 bridgehead atoms. The van der Waals surface area contributed by atoms with E-state index in [-0.39, 0.29) is 12.3 Å². The molecule has 0 saturated carbocycles. The first-order valence-corrected chi connectivity index (χ1v) is 7.83. The number of benzene rings is 1. The van der Waals surface area contributed by atoms with Gasteiger partial charge in [-0.1, -0.05) is 23.4 Å². The highest BCUT2D eigenvalue weighted by molar-refractivity contribution is 5.95. The van der Waals surface area contributed by atoms with Crippen molar-refractivity contribution in [2.24, 2.45) is 0 Å². The van der Waals surface area contributed by atoms with Crippen LogP contribution in [-0.2, 0) is 17.8 Å². The fourth-order valence-corrected chi connectivity index (χ4v) is 3.56. The lowest BCUT2D eigenvalue weighted by molar-refractivity contribution is -0.118. The predicted octanol–water partition coefficient (Wildman–Crippen LogP) is 2.23. The van der Waals surface area contributed by atoms with Gasteiger partial charge in [-0.2, -0.15) is 0 Å². The summed E-state index contributed by atoms with van der Waals surface area (Å²) in [5.41, 5.74) is 2.97. The number of carbonyl (C=O) groups is 1. The molecule has 1 amide bonds. The fraction of sp³-hybridized carbons (Fsp3) is 0.412. The standard InChI is InChI=1S/C17H19N3O2/c21-17(10-14-7-9-22-18-14)20-12-15-5-3-8-19(15)11-13-4-1-2-6-16(13)20/h1-2,4,6-7,9,15H,3,5,8,10-12H2. The number of hydrogen-bond acceptors (Lipinski definition) is 4. The average molecular weight is 297 g/mol. The van der Waals surface area contributed by atoms with Gasteiger partial charge >= 0.3 is 0 Å². The van der Waals surface area contributed by atoms with Gasteiger partial charge in [-0.25, -0.2) is 0 Å². The Labute approximate surface area is 129 Å². The Morgan fingerprint density at radius 2 is 2.23 bits per heavy atom. The molecule has 2 aromatic rings. The van der Waals surface area contributed by atoms with Crippen LogP contribution in [0.3, 0.4) is 0 Å². The Morgan fingerprint density at radius 1 is 1.32 bits per heavy atom. The van der Waals surface area contributed by atoms with Crippen molar-refractivity contribution in [3.8, 4) is 0 Å². The Hall–Kier alpha value is -2.14. The van der Waals surface area contributed by atoms with E-state index in [1.807, 2.05) is 11.0 Å². The van der Waals surface area contributed by atoms with Gasteiger partial charge in [-0.15, -0.1) is 0 Å². The Kier molecular flexibility index (Phi) is 3.42. The molecule has 22 heavy (non-hydrogen) atoms. The van der Waals surface area contributed by atoms with Gasteiger partial charge in [0.1, 0.15) is 6.26 Å². The first kappa shape index (κ1) is 13.5. The number of hydrogen-bond donors (Lipinski definition) is 0. The van der Waals surface area contributed by atoms with Crippen molar-refractivity contribution in [2.45, 2.75) is 31.8 Å². The summed E-state index contributed by atoms with van der Waals surface area (Å²) in [6, 6.07) is 10.5. The second kappa shape index (κ2) is 5.57. The summed E-state index contributed by atoms with van der Waals surface area (Å²) >= 11 is 0. The molecule has 5 heteroatoms. The third kappa shape index (κ3) is 2.41. The van der Waals surface area contributed by atoms with Gasteiger partial charge in [0.15, 0.2) is 0 Å². The topological polar surface area (TPSA) is 49.6 Å². The summed E-state index contributed by atoms with van der Waals surface area (Å²) < 4.78 is 4.84. The minimum Gasteiger partial charge on any atom is -0.364 e. The third-order valence-electron chi connectivity index (χ3n) is 4.67. The lowest BCUT2D eigenvalue weighted by Gasteiger charge is -2.26. The Bertz CT molecular complexity index is 668. The fourth-order valence-electron chi connectivity index (χ4n) is 3.56. The zero-order valence-electron chi connectivity index (χ0n) is 12.4. The van der Waals surface area contributed by atoms with Crippen LogP contribution in [0, 0.1) is 0 Å². The van der Waals surface area contributed by atoms with E-state index >= 15 is 0 Å². The molecule has 3 heterocycles. The van der Waals surface area contributed by atoms with Crippen LogP contribution in [0.25, 0.3) is 0 Å². The Balaban J connectivity index is 1.65. The average Bonchev–Trinajstić information content (AvgIpc) is 3.15. The summed E-state index contributed by atoms with van der Waals surface area (Å²) in [6.07, 6.45) is 4.19. The van der Waals surface area contributed by atoms with Crippen LogP contribution in [0.2, 0.25) is 0 Å². The maximum Gasteiger partial charge on any atom is 0.233 e. The molecular weight excluding hydrogens is 278 g/mol. The molecular formula is C17H19N3O2. The van der Waals surface area contributed by atoms with E-state index in [1.54, 1.807) is 6.07 Å². The van der Waals surface area contributed by atoms with Crippen molar-refractivity contribution >= 4 is 11.6 Å². The Morgan fingerprint density at radius 3 is 3.09 bits per heavy atom. The van der Waals surface area contributed by atoms with Crippen molar-refractivity contribution in [1.29, 1.82) is 0 Å². The molecule has 1 atom stereocenters. The number of anilines is 1. The molecule has 0 spiro atoms. The highest BCUT2D eigenvalue weighted by Gasteiger charge is 2.33. The lowest BCUT2D eigenvalue weighted by atomic mass is 10.1. The molecule has 2 aliphatic rings. The van der Waals surface area contributed by atoms with E-state index in [0.717, 1.165) is 25.3 Å². The van der Waals surface area contributed by atoms with Gasteiger partial charge in [0.25, 0.3) is 0 Å². The van der Waals surface area contributed by atoms with Crippen molar-refractivity contribution < 1.29 is 9.32 Å². The van der Waals surface area contributed by atoms with Gasteiger partial charge in [0.05, 0.1) is 12.1 Å². The molecule has 114 valence electrons. The van der Waals surface area contributed by atoms with E-state index in [9.17, 15) is 4.79 Å². The van der Waals surface area contributed by atoms with Crippen LogP contribution in [0.5, 0.6) is 0 Å². The van der Waals surface area contributed by atoms with Crippen LogP contribution in [0.1, 0.15) is 24.1 Å². The largest absolute Gasteiger partial charge is 0.364 e. The number of rotatable bonds is 2. The maximum atomic E-state index is 12.8. The number of nitrogens with zero attached hydrogens (tertiary/aromatic N) is 3. The monoisotopic (exact) mass is 297 g/mol. The van der Waals surface area contributed by atoms with Crippen molar-refractivity contribution in [3.05, 3.63) is 47.9 Å². The van der Waals surface area contributed by atoms with Crippen LogP contribution < -0.4 is 4.90 Å². The SMILES string of the molecule is O=C(Cc1ccon1)N1CC2CCCN2Cc2ccccc21. The molecule has 1 fully saturated rings. The van der Waals surface area contributed by atoms with Gasteiger partial charge in [-0.05, 0) is 31.0 Å². The summed E-state index contributed by atoms with van der Waals surface area (Å²) in [6.45, 7) is 2.84. The molecule has 0 N–H and O–H groups in total. The second-order valence-corrected chi connectivity index (χ2v) is 6.07. The molecule has 1 saturated heterocycles. The van der Waals surface area contributed by atoms with Gasteiger partial charge in [0.2, 0.25) is 5.91 Å². The van der Waals surface area contributed by atoms with Crippen molar-refractivity contribution in [3.63, 3.8) is 0 Å². The number of aromatic nitrogens is 1. The summed E-state index contributed by atoms with van der Waals surface area (Å²) in [5, 5.41) is 3.86. The third-order valence-corrected chi connectivity index (χ3v) is 4.67. The molecule has 0 radical (unpaired) electrons. The van der Waals surface area contributed by atoms with Gasteiger partial charge in [-0.3, -0.25) is 9.69 Å². The number of fused-ring (bicyclic) bond motifs is 2. The van der Waals surface area contributed by atoms with Crippen LogP contribution >= 0.6 is 0 Å². The summed E-state index contributed by atoms with van der Waals surface area (Å²) in [5.74, 6) is 0.0927. The smallest absolute Gasteiger partial charge is 0.233 e. The van der Waals surface area contributed by atoms with Crippen LogP contribution in [0.15, 0.2) is 41.1 Å². The van der Waals surface area contributed by atoms with Crippen molar-refractivity contribution in [2.75, 3.05) is 18.0 Å². The second-order valence-electron chi connectivity index (χ2n) is 6.07. The van der Waals surface area contributed by atoms with E-state index in [2.05, 4.69) is 28.3 Å². The molecule has 1 unspecified atom stereocenters. The van der Waals surface area contributed by atoms with Crippen LogP contribution in [-0.4, -0.2) is 35.1 Å². The molecule has 1 aromatic heterocycles. The molecule has 5 nitrogen and oxygen atoms in total. The summed E-state index contributed by atoms with van der Waals surface area (Å²) in [4.78, 5) is 17.2. The summed E-state index contributed by atoms with van der Waals surface area (Å²) in [7, 11) is 0. The zero-order chi connectivity index (χ0) is 14.9. The van der Waals surface area contributed by atoms with E-state index in [1.165, 1.54) is 24.7 Å².